The number of pyridine rings is 1. The molecule has 0 fully saturated rings. The minimum atomic E-state index is -4.83. The van der Waals surface area contributed by atoms with Gasteiger partial charge in [0.15, 0.2) is 11.8 Å². The molecule has 0 bridgehead atoms. The Labute approximate surface area is 82.6 Å². The third-order valence-electron chi connectivity index (χ3n) is 1.48. The minimum absolute atomic E-state index is 0.0436. The topological polar surface area (TPSA) is 43.6 Å². The van der Waals surface area contributed by atoms with Crippen molar-refractivity contribution >= 4 is 6.29 Å². The average Bonchev–Trinajstić information content (AvgIpc) is 2.15. The zero-order chi connectivity index (χ0) is 11.5. The Hall–Kier alpha value is -1.79. The number of halogens is 3. The van der Waals surface area contributed by atoms with Gasteiger partial charge in [0.05, 0.1) is 6.20 Å². The monoisotopic (exact) mass is 220 g/mol. The fraction of sp³-hybridized carbons (Fsp3) is 0.250. The normalized spacial score (nSPS) is 12.7. The highest BCUT2D eigenvalue weighted by molar-refractivity contribution is 5.73. The maximum absolute atomic E-state index is 11.9. The Morgan fingerprint density at radius 2 is 2.13 bits per heavy atom. The molecule has 0 amide bonds. The highest BCUT2D eigenvalue weighted by Crippen LogP contribution is 2.11. The van der Waals surface area contributed by atoms with Crippen molar-refractivity contribution in [2.75, 3.05) is 7.05 Å². The van der Waals surface area contributed by atoms with Crippen LogP contribution >= 0.6 is 0 Å². The zero-order valence-electron chi connectivity index (χ0n) is 7.65. The number of aromatic nitrogens is 1. The van der Waals surface area contributed by atoms with Crippen molar-refractivity contribution in [3.05, 3.63) is 29.4 Å². The molecule has 1 aromatic heterocycles. The molecule has 0 aliphatic rings. The van der Waals surface area contributed by atoms with E-state index in [9.17, 15) is 18.0 Å². The molecule has 0 unspecified atom stereocenters. The number of alkyl halides is 3. The van der Waals surface area contributed by atoms with Gasteiger partial charge in [0, 0.05) is 12.6 Å². The molecule has 1 rings (SSSR count). The maximum atomic E-state index is 11.9. The molecule has 0 saturated heterocycles. The summed E-state index contributed by atoms with van der Waals surface area (Å²) in [5.41, 5.74) is 0.0181. The second-order valence-electron chi connectivity index (χ2n) is 2.52. The maximum Gasteiger partial charge on any atom is 0.591 e. The first-order chi connectivity index (χ1) is 6.96. The van der Waals surface area contributed by atoms with Crippen LogP contribution in [0.1, 0.15) is 10.4 Å². The van der Waals surface area contributed by atoms with E-state index in [1.165, 1.54) is 19.2 Å². The average molecular weight is 220 g/mol. The van der Waals surface area contributed by atoms with E-state index >= 15 is 0 Å². The van der Waals surface area contributed by atoms with Crippen molar-refractivity contribution in [3.63, 3.8) is 0 Å². The van der Waals surface area contributed by atoms with Gasteiger partial charge in [-0.15, -0.1) is 13.2 Å². The van der Waals surface area contributed by atoms with Gasteiger partial charge in [0.2, 0.25) is 0 Å². The number of aldehydes is 1. The number of rotatable bonds is 2. The Kier molecular flexibility index (Phi) is 3.13. The van der Waals surface area contributed by atoms with Crippen LogP contribution in [0.15, 0.2) is 23.3 Å². The predicted octanol–water partition coefficient (Wildman–Crippen LogP) is 0.779. The predicted molar refractivity (Wildman–Crippen MR) is 43.9 cm³/mol. The highest BCUT2D eigenvalue weighted by Gasteiger charge is 2.32. The molecule has 0 aromatic carbocycles. The molecule has 0 aliphatic heterocycles. The molecular weight excluding hydrogens is 213 g/mol. The van der Waals surface area contributed by atoms with Gasteiger partial charge in [0.25, 0.3) is 0 Å². The van der Waals surface area contributed by atoms with Crippen molar-refractivity contribution in [2.24, 2.45) is 4.99 Å². The van der Waals surface area contributed by atoms with Gasteiger partial charge in [-0.05, 0) is 12.1 Å². The van der Waals surface area contributed by atoms with Crippen LogP contribution < -0.4 is 10.3 Å². The molecule has 0 spiro atoms. The van der Waals surface area contributed by atoms with Crippen LogP contribution in [0, 0.1) is 0 Å². The summed E-state index contributed by atoms with van der Waals surface area (Å²) in [7, 11) is 1.31. The molecule has 1 aromatic rings. The molecule has 15 heavy (non-hydrogen) atoms. The van der Waals surface area contributed by atoms with Crippen LogP contribution in [-0.2, 0) is 0 Å². The summed E-state index contributed by atoms with van der Waals surface area (Å²) in [4.78, 5) is 17.5. The largest absolute Gasteiger partial charge is 0.591 e. The summed E-state index contributed by atoms with van der Waals surface area (Å²) in [5, 5.41) is 0. The van der Waals surface area contributed by atoms with Crippen LogP contribution in [0.2, 0.25) is 0 Å². The summed E-state index contributed by atoms with van der Waals surface area (Å²) in [6, 6.07) is 2.58. The third kappa shape index (κ3) is 3.12. The van der Waals surface area contributed by atoms with E-state index in [-0.39, 0.29) is 11.1 Å². The summed E-state index contributed by atoms with van der Waals surface area (Å²) in [6.07, 6.45) is -3.51. The number of hydrogen-bond donors (Lipinski definition) is 0. The van der Waals surface area contributed by atoms with E-state index in [1.807, 2.05) is 0 Å². The van der Waals surface area contributed by atoms with Crippen LogP contribution in [0.4, 0.5) is 13.2 Å². The molecule has 7 heteroatoms. The molecule has 0 N–H and O–H groups in total. The second-order valence-corrected chi connectivity index (χ2v) is 2.52. The van der Waals surface area contributed by atoms with E-state index in [1.54, 1.807) is 0 Å². The van der Waals surface area contributed by atoms with E-state index < -0.39 is 6.36 Å². The minimum Gasteiger partial charge on any atom is -0.312 e. The molecule has 82 valence electrons. The first-order valence-corrected chi connectivity index (χ1v) is 3.83. The second kappa shape index (κ2) is 4.16. The lowest BCUT2D eigenvalue weighted by molar-refractivity contribution is -0.324. The summed E-state index contributed by atoms with van der Waals surface area (Å²) in [6.45, 7) is 0. The highest BCUT2D eigenvalue weighted by atomic mass is 19.4. The van der Waals surface area contributed by atoms with Crippen molar-refractivity contribution in [1.82, 2.24) is 4.73 Å². The lowest BCUT2D eigenvalue weighted by Gasteiger charge is -2.11. The van der Waals surface area contributed by atoms with Crippen molar-refractivity contribution in [1.29, 1.82) is 0 Å². The molecule has 0 atom stereocenters. The van der Waals surface area contributed by atoms with Gasteiger partial charge in [-0.2, -0.15) is 4.73 Å². The van der Waals surface area contributed by atoms with Gasteiger partial charge in [-0.3, -0.25) is 9.79 Å². The fourth-order valence-electron chi connectivity index (χ4n) is 0.916. The lowest BCUT2D eigenvalue weighted by Crippen LogP contribution is -2.35. The fourth-order valence-corrected chi connectivity index (χ4v) is 0.916. The van der Waals surface area contributed by atoms with Crippen LogP contribution in [0.25, 0.3) is 0 Å². The lowest BCUT2D eigenvalue weighted by atomic mass is 10.3. The summed E-state index contributed by atoms with van der Waals surface area (Å²) < 4.78 is 36.2. The van der Waals surface area contributed by atoms with Crippen molar-refractivity contribution < 1.29 is 22.8 Å². The van der Waals surface area contributed by atoms with Crippen molar-refractivity contribution in [2.45, 2.75) is 6.36 Å². The summed E-state index contributed by atoms with van der Waals surface area (Å²) in [5.74, 6) is 0. The van der Waals surface area contributed by atoms with Gasteiger partial charge >= 0.3 is 6.36 Å². The first-order valence-electron chi connectivity index (χ1n) is 3.83. The molecular formula is C8H7F3N2O2. The number of carbonyl (C=O) groups is 1. The van der Waals surface area contributed by atoms with Crippen LogP contribution in [0.5, 0.6) is 0 Å². The van der Waals surface area contributed by atoms with Gasteiger partial charge in [-0.1, -0.05) is 0 Å². The van der Waals surface area contributed by atoms with E-state index in [2.05, 4.69) is 9.83 Å². The third-order valence-corrected chi connectivity index (χ3v) is 1.48. The van der Waals surface area contributed by atoms with Gasteiger partial charge in [-0.25, -0.2) is 0 Å². The smallest absolute Gasteiger partial charge is 0.312 e. The van der Waals surface area contributed by atoms with Crippen LogP contribution in [0.3, 0.4) is 0 Å². The quantitative estimate of drug-likeness (QED) is 0.691. The number of carbonyl (C=O) groups excluding carboxylic acids is 1. The van der Waals surface area contributed by atoms with Gasteiger partial charge < -0.3 is 4.84 Å². The van der Waals surface area contributed by atoms with Crippen molar-refractivity contribution in [3.8, 4) is 0 Å². The Morgan fingerprint density at radius 1 is 1.47 bits per heavy atom. The standard InChI is InChI=1S/C8H7F3N2O2/c1-12-7-3-2-6(5-14)4-13(7)15-8(9,10)11/h2-5H,1H3. The molecule has 0 aliphatic carbocycles. The Balaban J connectivity index is 3.19. The molecule has 0 saturated carbocycles. The van der Waals surface area contributed by atoms with Crippen LogP contribution in [-0.4, -0.2) is 24.4 Å². The zero-order valence-corrected chi connectivity index (χ0v) is 7.65. The van der Waals surface area contributed by atoms with E-state index in [4.69, 9.17) is 0 Å². The van der Waals surface area contributed by atoms with Gasteiger partial charge in [0.1, 0.15) is 0 Å². The van der Waals surface area contributed by atoms with E-state index in [0.29, 0.717) is 11.0 Å². The number of nitrogens with zero attached hydrogens (tertiary/aromatic N) is 2. The Morgan fingerprint density at radius 3 is 2.60 bits per heavy atom. The molecule has 1 heterocycles. The Bertz CT molecular complexity index is 423. The SMILES string of the molecule is CN=c1ccc(C=O)cn1OC(F)(F)F. The summed E-state index contributed by atoms with van der Waals surface area (Å²) >= 11 is 0. The number of hydrogen-bond acceptors (Lipinski definition) is 3. The first kappa shape index (κ1) is 11.3. The molecule has 0 radical (unpaired) electrons. The van der Waals surface area contributed by atoms with E-state index in [0.717, 1.165) is 6.20 Å². The molecule has 4 nitrogen and oxygen atoms in total.